The van der Waals surface area contributed by atoms with E-state index in [9.17, 15) is 9.59 Å². The molecule has 1 aromatic rings. The number of anilines is 1. The van der Waals surface area contributed by atoms with Gasteiger partial charge in [-0.15, -0.1) is 0 Å². The molecule has 1 rings (SSSR count). The van der Waals surface area contributed by atoms with Crippen molar-refractivity contribution in [3.63, 3.8) is 0 Å². The molecule has 0 saturated heterocycles. The van der Waals surface area contributed by atoms with Crippen LogP contribution in [0, 0.1) is 0 Å². The summed E-state index contributed by atoms with van der Waals surface area (Å²) in [5, 5.41) is 20.6. The van der Waals surface area contributed by atoms with Gasteiger partial charge in [0.05, 0.1) is 6.42 Å². The molecule has 0 aliphatic rings. The maximum Gasteiger partial charge on any atom is 0.326 e. The van der Waals surface area contributed by atoms with Crippen LogP contribution in [0.4, 0.5) is 5.69 Å². The van der Waals surface area contributed by atoms with Crippen molar-refractivity contribution < 1.29 is 19.8 Å². The summed E-state index contributed by atoms with van der Waals surface area (Å²) in [6.45, 7) is 0. The van der Waals surface area contributed by atoms with E-state index in [2.05, 4.69) is 5.32 Å². The van der Waals surface area contributed by atoms with Gasteiger partial charge in [-0.3, -0.25) is 4.79 Å². The topological polar surface area (TPSA) is 86.6 Å². The second-order valence-electron chi connectivity index (χ2n) is 3.29. The summed E-state index contributed by atoms with van der Waals surface area (Å²) in [6, 6.07) is 3.18. The molecule has 0 amide bonds. The predicted molar refractivity (Wildman–Crippen MR) is 63.8 cm³/mol. The Balaban J connectivity index is 2.85. The van der Waals surface area contributed by atoms with Crippen molar-refractivity contribution in [1.82, 2.24) is 0 Å². The van der Waals surface area contributed by atoms with E-state index in [1.54, 1.807) is 0 Å². The number of halogens is 2. The Labute approximate surface area is 107 Å². The molecular weight excluding hydrogens is 269 g/mol. The van der Waals surface area contributed by atoms with Crippen molar-refractivity contribution in [2.75, 3.05) is 5.32 Å². The summed E-state index contributed by atoms with van der Waals surface area (Å²) in [5.74, 6) is -2.47. The molecule has 0 bridgehead atoms. The average molecular weight is 278 g/mol. The smallest absolute Gasteiger partial charge is 0.326 e. The maximum absolute atomic E-state index is 10.8. The first-order chi connectivity index (χ1) is 7.88. The molecule has 0 fully saturated rings. The van der Waals surface area contributed by atoms with Crippen molar-refractivity contribution in [3.05, 3.63) is 28.2 Å². The molecule has 0 aliphatic carbocycles. The first-order valence-corrected chi connectivity index (χ1v) is 5.31. The fourth-order valence-electron chi connectivity index (χ4n) is 1.21. The number of benzene rings is 1. The molecule has 0 heterocycles. The minimum atomic E-state index is -1.26. The minimum Gasteiger partial charge on any atom is -0.481 e. The van der Waals surface area contributed by atoms with E-state index >= 15 is 0 Å². The van der Waals surface area contributed by atoms with Crippen LogP contribution in [0.1, 0.15) is 6.42 Å². The van der Waals surface area contributed by atoms with Gasteiger partial charge in [0.15, 0.2) is 0 Å². The van der Waals surface area contributed by atoms with Crippen LogP contribution in [0.15, 0.2) is 18.2 Å². The van der Waals surface area contributed by atoms with Gasteiger partial charge in [-0.2, -0.15) is 0 Å². The molecule has 0 aliphatic heterocycles. The van der Waals surface area contributed by atoms with E-state index in [1.165, 1.54) is 18.2 Å². The summed E-state index contributed by atoms with van der Waals surface area (Å²) in [6.07, 6.45) is -0.542. The van der Waals surface area contributed by atoms with Gasteiger partial charge in [0.1, 0.15) is 6.04 Å². The van der Waals surface area contributed by atoms with Gasteiger partial charge in [-0.1, -0.05) is 23.2 Å². The fourth-order valence-corrected chi connectivity index (χ4v) is 1.74. The molecule has 0 aromatic heterocycles. The summed E-state index contributed by atoms with van der Waals surface area (Å²) in [5.41, 5.74) is 0.358. The third-order valence-electron chi connectivity index (χ3n) is 1.88. The first kappa shape index (κ1) is 13.6. The standard InChI is InChI=1S/C10H9Cl2NO4/c11-5-1-6(12)3-7(2-5)13-8(10(16)17)4-9(14)15/h1-3,8,13H,4H2,(H,14,15)(H,16,17)/t8-/m0/s1. The van der Waals surface area contributed by atoms with Gasteiger partial charge in [0.25, 0.3) is 0 Å². The van der Waals surface area contributed by atoms with Crippen molar-refractivity contribution in [2.45, 2.75) is 12.5 Å². The molecule has 0 radical (unpaired) electrons. The number of rotatable bonds is 5. The van der Waals surface area contributed by atoms with Crippen LogP contribution in [-0.2, 0) is 9.59 Å². The molecule has 92 valence electrons. The zero-order valence-corrected chi connectivity index (χ0v) is 10.00. The van der Waals surface area contributed by atoms with Gasteiger partial charge in [0.2, 0.25) is 0 Å². The van der Waals surface area contributed by atoms with E-state index < -0.39 is 24.4 Å². The van der Waals surface area contributed by atoms with E-state index in [0.29, 0.717) is 15.7 Å². The Hall–Kier alpha value is -1.46. The monoisotopic (exact) mass is 277 g/mol. The van der Waals surface area contributed by atoms with Crippen molar-refractivity contribution in [3.8, 4) is 0 Å². The SMILES string of the molecule is O=C(O)C[C@H](Nc1cc(Cl)cc(Cl)c1)C(=O)O. The lowest BCUT2D eigenvalue weighted by Crippen LogP contribution is -2.31. The highest BCUT2D eigenvalue weighted by Gasteiger charge is 2.20. The summed E-state index contributed by atoms with van der Waals surface area (Å²) in [4.78, 5) is 21.3. The van der Waals surface area contributed by atoms with Gasteiger partial charge in [-0.25, -0.2) is 4.79 Å². The van der Waals surface area contributed by atoms with Crippen LogP contribution >= 0.6 is 23.2 Å². The Kier molecular flexibility index (Phi) is 4.60. The van der Waals surface area contributed by atoms with Gasteiger partial charge >= 0.3 is 11.9 Å². The predicted octanol–water partition coefficient (Wildman–Crippen LogP) is 2.33. The summed E-state index contributed by atoms with van der Waals surface area (Å²) < 4.78 is 0. The Bertz CT molecular complexity index is 430. The summed E-state index contributed by atoms with van der Waals surface area (Å²) in [7, 11) is 0. The number of aliphatic carboxylic acids is 2. The third-order valence-corrected chi connectivity index (χ3v) is 2.32. The quantitative estimate of drug-likeness (QED) is 0.769. The molecule has 1 aromatic carbocycles. The first-order valence-electron chi connectivity index (χ1n) is 4.55. The Morgan fingerprint density at radius 2 is 1.71 bits per heavy atom. The van der Waals surface area contributed by atoms with Crippen molar-refractivity contribution >= 4 is 40.8 Å². The maximum atomic E-state index is 10.8. The highest BCUT2D eigenvalue weighted by atomic mass is 35.5. The molecule has 7 heteroatoms. The van der Waals surface area contributed by atoms with Crippen LogP contribution in [-0.4, -0.2) is 28.2 Å². The van der Waals surface area contributed by atoms with Crippen LogP contribution < -0.4 is 5.32 Å². The highest BCUT2D eigenvalue weighted by Crippen LogP contribution is 2.23. The van der Waals surface area contributed by atoms with E-state index in [-0.39, 0.29) is 0 Å². The molecular formula is C10H9Cl2NO4. The highest BCUT2D eigenvalue weighted by molar-refractivity contribution is 6.35. The molecule has 0 spiro atoms. The normalized spacial score (nSPS) is 11.9. The molecule has 0 saturated carbocycles. The number of nitrogens with one attached hydrogen (secondary N) is 1. The van der Waals surface area contributed by atoms with Crippen LogP contribution in [0.25, 0.3) is 0 Å². The molecule has 1 atom stereocenters. The van der Waals surface area contributed by atoms with Crippen molar-refractivity contribution in [1.29, 1.82) is 0 Å². The number of carboxylic acid groups (broad SMARTS) is 2. The molecule has 17 heavy (non-hydrogen) atoms. The minimum absolute atomic E-state index is 0.333. The molecule has 0 unspecified atom stereocenters. The van der Waals surface area contributed by atoms with E-state index in [1.807, 2.05) is 0 Å². The third kappa shape index (κ3) is 4.50. The number of hydrogen-bond acceptors (Lipinski definition) is 3. The van der Waals surface area contributed by atoms with Gasteiger partial charge in [-0.05, 0) is 18.2 Å². The van der Waals surface area contributed by atoms with Crippen LogP contribution in [0.3, 0.4) is 0 Å². The van der Waals surface area contributed by atoms with E-state index in [0.717, 1.165) is 0 Å². The Morgan fingerprint density at radius 1 is 1.18 bits per heavy atom. The fraction of sp³-hybridized carbons (Fsp3) is 0.200. The van der Waals surface area contributed by atoms with Crippen LogP contribution in [0.2, 0.25) is 10.0 Å². The van der Waals surface area contributed by atoms with Crippen LogP contribution in [0.5, 0.6) is 0 Å². The molecule has 5 nitrogen and oxygen atoms in total. The Morgan fingerprint density at radius 3 is 2.12 bits per heavy atom. The second-order valence-corrected chi connectivity index (χ2v) is 4.16. The largest absolute Gasteiger partial charge is 0.481 e. The number of hydrogen-bond donors (Lipinski definition) is 3. The van der Waals surface area contributed by atoms with Gasteiger partial charge < -0.3 is 15.5 Å². The lowest BCUT2D eigenvalue weighted by Gasteiger charge is -2.14. The number of carboxylic acids is 2. The average Bonchev–Trinajstić information content (AvgIpc) is 2.13. The van der Waals surface area contributed by atoms with Crippen molar-refractivity contribution in [2.24, 2.45) is 0 Å². The summed E-state index contributed by atoms with van der Waals surface area (Å²) >= 11 is 11.5. The second kappa shape index (κ2) is 5.75. The lowest BCUT2D eigenvalue weighted by atomic mass is 10.2. The zero-order chi connectivity index (χ0) is 13.0. The van der Waals surface area contributed by atoms with E-state index in [4.69, 9.17) is 33.4 Å². The lowest BCUT2D eigenvalue weighted by molar-refractivity contribution is -0.144. The molecule has 3 N–H and O–H groups in total. The zero-order valence-electron chi connectivity index (χ0n) is 8.48. The van der Waals surface area contributed by atoms with Gasteiger partial charge in [0, 0.05) is 15.7 Å². The number of carbonyl (C=O) groups is 2.